The van der Waals surface area contributed by atoms with E-state index in [9.17, 15) is 0 Å². The van der Waals surface area contributed by atoms with E-state index in [1.165, 1.54) is 58.0 Å². The van der Waals surface area contributed by atoms with Gasteiger partial charge < -0.3 is 11.1 Å². The molecule has 0 aromatic rings. The Morgan fingerprint density at radius 3 is 2.81 bits per heavy atom. The third-order valence-electron chi connectivity index (χ3n) is 4.77. The molecule has 2 heterocycles. The molecule has 16 heavy (non-hydrogen) atoms. The first-order valence-electron chi connectivity index (χ1n) is 7.08. The van der Waals surface area contributed by atoms with Crippen LogP contribution >= 0.6 is 0 Å². The van der Waals surface area contributed by atoms with Crippen molar-refractivity contribution in [1.82, 2.24) is 10.2 Å². The van der Waals surface area contributed by atoms with Gasteiger partial charge in [0.2, 0.25) is 0 Å². The Bertz CT molecular complexity index is 243. The molecule has 3 rings (SSSR count). The van der Waals surface area contributed by atoms with Crippen LogP contribution in [0.1, 0.15) is 44.9 Å². The maximum Gasteiger partial charge on any atom is 0.0250 e. The topological polar surface area (TPSA) is 41.3 Å². The number of rotatable bonds is 2. The van der Waals surface area contributed by atoms with Crippen LogP contribution in [0.15, 0.2) is 0 Å². The highest BCUT2D eigenvalue weighted by atomic mass is 15.2. The molecule has 0 spiro atoms. The first kappa shape index (κ1) is 11.0. The average molecular weight is 223 g/mol. The fourth-order valence-corrected chi connectivity index (χ4v) is 3.96. The zero-order chi connectivity index (χ0) is 11.0. The molecule has 92 valence electrons. The van der Waals surface area contributed by atoms with Gasteiger partial charge in [-0.15, -0.1) is 0 Å². The molecular formula is C13H25N3. The van der Waals surface area contributed by atoms with Crippen LogP contribution in [-0.2, 0) is 0 Å². The summed E-state index contributed by atoms with van der Waals surface area (Å²) < 4.78 is 0. The van der Waals surface area contributed by atoms with Crippen molar-refractivity contribution < 1.29 is 0 Å². The van der Waals surface area contributed by atoms with E-state index in [1.807, 2.05) is 0 Å². The molecule has 0 radical (unpaired) electrons. The smallest absolute Gasteiger partial charge is 0.0250 e. The lowest BCUT2D eigenvalue weighted by atomic mass is 9.90. The zero-order valence-electron chi connectivity index (χ0n) is 10.2. The van der Waals surface area contributed by atoms with Gasteiger partial charge >= 0.3 is 0 Å². The fourth-order valence-electron chi connectivity index (χ4n) is 3.96. The lowest BCUT2D eigenvalue weighted by molar-refractivity contribution is 0.262. The lowest BCUT2D eigenvalue weighted by Crippen LogP contribution is -2.48. The summed E-state index contributed by atoms with van der Waals surface area (Å²) in [6, 6.07) is 2.76. The van der Waals surface area contributed by atoms with E-state index < -0.39 is 0 Å². The van der Waals surface area contributed by atoms with Crippen molar-refractivity contribution in [3.8, 4) is 0 Å². The van der Waals surface area contributed by atoms with Crippen LogP contribution in [0, 0.1) is 0 Å². The van der Waals surface area contributed by atoms with Gasteiger partial charge in [-0.1, -0.05) is 6.42 Å². The van der Waals surface area contributed by atoms with Gasteiger partial charge in [0, 0.05) is 30.7 Å². The molecule has 2 saturated heterocycles. The molecule has 3 N–H and O–H groups in total. The Morgan fingerprint density at radius 2 is 1.94 bits per heavy atom. The van der Waals surface area contributed by atoms with E-state index >= 15 is 0 Å². The van der Waals surface area contributed by atoms with Gasteiger partial charge in [0.1, 0.15) is 0 Å². The molecule has 1 aliphatic carbocycles. The van der Waals surface area contributed by atoms with Crippen molar-refractivity contribution in [1.29, 1.82) is 0 Å². The van der Waals surface area contributed by atoms with Crippen LogP contribution < -0.4 is 11.1 Å². The predicted molar refractivity (Wildman–Crippen MR) is 66.4 cm³/mol. The second-order valence-electron chi connectivity index (χ2n) is 5.93. The highest BCUT2D eigenvalue weighted by molar-refractivity contribution is 4.97. The first-order chi connectivity index (χ1) is 7.83. The first-order valence-corrected chi connectivity index (χ1v) is 7.08. The zero-order valence-corrected chi connectivity index (χ0v) is 10.2. The van der Waals surface area contributed by atoms with Gasteiger partial charge in [-0.2, -0.15) is 0 Å². The van der Waals surface area contributed by atoms with E-state index in [0.717, 1.165) is 12.1 Å². The van der Waals surface area contributed by atoms with Crippen LogP contribution in [-0.4, -0.2) is 42.2 Å². The highest BCUT2D eigenvalue weighted by Gasteiger charge is 2.38. The van der Waals surface area contributed by atoms with Crippen molar-refractivity contribution in [2.75, 3.05) is 13.1 Å². The Labute approximate surface area is 98.8 Å². The molecule has 4 unspecified atom stereocenters. The van der Waals surface area contributed by atoms with Crippen LogP contribution in [0.5, 0.6) is 0 Å². The van der Waals surface area contributed by atoms with Crippen LogP contribution in [0.2, 0.25) is 0 Å². The molecule has 3 nitrogen and oxygen atoms in total. The van der Waals surface area contributed by atoms with Crippen molar-refractivity contribution in [3.63, 3.8) is 0 Å². The number of fused-ring (bicyclic) bond motifs is 1. The van der Waals surface area contributed by atoms with Crippen molar-refractivity contribution in [2.45, 2.75) is 69.1 Å². The summed E-state index contributed by atoms with van der Waals surface area (Å²) in [5.74, 6) is 0. The van der Waals surface area contributed by atoms with E-state index in [4.69, 9.17) is 5.73 Å². The second kappa shape index (κ2) is 4.63. The van der Waals surface area contributed by atoms with Gasteiger partial charge in [0.25, 0.3) is 0 Å². The van der Waals surface area contributed by atoms with Gasteiger partial charge in [-0.25, -0.2) is 0 Å². The maximum atomic E-state index is 6.06. The van der Waals surface area contributed by atoms with Crippen LogP contribution in [0.3, 0.4) is 0 Å². The third kappa shape index (κ3) is 2.13. The fraction of sp³-hybridized carbons (Fsp3) is 1.00. The highest BCUT2D eigenvalue weighted by Crippen LogP contribution is 2.29. The quantitative estimate of drug-likeness (QED) is 0.736. The summed E-state index contributed by atoms with van der Waals surface area (Å²) in [4.78, 5) is 2.68. The number of nitrogens with one attached hydrogen (secondary N) is 1. The Morgan fingerprint density at radius 1 is 1.00 bits per heavy atom. The molecule has 0 bridgehead atoms. The van der Waals surface area contributed by atoms with E-state index in [1.54, 1.807) is 0 Å². The van der Waals surface area contributed by atoms with Crippen LogP contribution in [0.4, 0.5) is 0 Å². The Balaban J connectivity index is 1.54. The largest absolute Gasteiger partial charge is 0.328 e. The summed E-state index contributed by atoms with van der Waals surface area (Å²) in [6.45, 7) is 2.66. The molecule has 0 aromatic heterocycles. The van der Waals surface area contributed by atoms with Crippen molar-refractivity contribution >= 4 is 0 Å². The van der Waals surface area contributed by atoms with E-state index in [-0.39, 0.29) is 0 Å². The predicted octanol–water partition coefficient (Wildman–Crippen LogP) is 1.08. The van der Waals surface area contributed by atoms with Crippen LogP contribution in [0.25, 0.3) is 0 Å². The molecule has 3 aliphatic rings. The maximum absolute atomic E-state index is 6.06. The molecule has 3 heteroatoms. The molecule has 2 aliphatic heterocycles. The minimum absolute atomic E-state index is 0.451. The Kier molecular flexibility index (Phi) is 3.18. The van der Waals surface area contributed by atoms with Gasteiger partial charge in [0.15, 0.2) is 0 Å². The van der Waals surface area contributed by atoms with E-state index in [0.29, 0.717) is 12.1 Å². The van der Waals surface area contributed by atoms with Crippen molar-refractivity contribution in [3.05, 3.63) is 0 Å². The molecule has 4 atom stereocenters. The lowest BCUT2D eigenvalue weighted by Gasteiger charge is -2.32. The number of nitrogens with zero attached hydrogens (tertiary/aromatic N) is 1. The number of nitrogens with two attached hydrogens (primary N) is 1. The molecule has 1 saturated carbocycles. The van der Waals surface area contributed by atoms with Gasteiger partial charge in [0.05, 0.1) is 0 Å². The third-order valence-corrected chi connectivity index (χ3v) is 4.77. The van der Waals surface area contributed by atoms with Gasteiger partial charge in [-0.3, -0.25) is 4.90 Å². The van der Waals surface area contributed by atoms with Crippen molar-refractivity contribution in [2.24, 2.45) is 5.73 Å². The average Bonchev–Trinajstić information content (AvgIpc) is 2.83. The SMILES string of the molecule is NC1CCCC(NC2CCN3CCCC23)C1. The van der Waals surface area contributed by atoms with Gasteiger partial charge in [-0.05, 0) is 45.1 Å². The molecule has 0 amide bonds. The summed E-state index contributed by atoms with van der Waals surface area (Å²) >= 11 is 0. The molecule has 0 aromatic carbocycles. The summed E-state index contributed by atoms with van der Waals surface area (Å²) in [6.07, 6.45) is 9.28. The minimum atomic E-state index is 0.451. The Hall–Kier alpha value is -0.120. The number of hydrogen-bond donors (Lipinski definition) is 2. The standard InChI is InChI=1S/C13H25N3/c14-10-3-1-4-11(9-10)15-12-6-8-16-7-2-5-13(12)16/h10-13,15H,1-9,14H2. The second-order valence-corrected chi connectivity index (χ2v) is 5.93. The summed E-state index contributed by atoms with van der Waals surface area (Å²) in [5, 5.41) is 3.90. The van der Waals surface area contributed by atoms with E-state index in [2.05, 4.69) is 10.2 Å². The molecular weight excluding hydrogens is 198 g/mol. The summed E-state index contributed by atoms with van der Waals surface area (Å²) in [7, 11) is 0. The number of hydrogen-bond acceptors (Lipinski definition) is 3. The monoisotopic (exact) mass is 223 g/mol. The minimum Gasteiger partial charge on any atom is -0.328 e. The summed E-state index contributed by atoms with van der Waals surface area (Å²) in [5.41, 5.74) is 6.06. The molecule has 3 fully saturated rings. The normalized spacial score (nSPS) is 44.8.